The summed E-state index contributed by atoms with van der Waals surface area (Å²) < 4.78 is 0. The van der Waals surface area contributed by atoms with E-state index in [0.717, 1.165) is 35.1 Å². The fraction of sp³-hybridized carbons (Fsp3) is 0.154. The molecule has 1 aliphatic rings. The third-order valence-corrected chi connectivity index (χ3v) is 6.17. The second kappa shape index (κ2) is 7.71. The van der Waals surface area contributed by atoms with Crippen molar-refractivity contribution in [3.8, 4) is 11.1 Å². The van der Waals surface area contributed by atoms with Crippen LogP contribution in [0.2, 0.25) is 5.02 Å². The van der Waals surface area contributed by atoms with Gasteiger partial charge >= 0.3 is 0 Å². The maximum atomic E-state index is 13.2. The van der Waals surface area contributed by atoms with Crippen molar-refractivity contribution in [2.24, 2.45) is 0 Å². The lowest BCUT2D eigenvalue weighted by Gasteiger charge is -2.14. The summed E-state index contributed by atoms with van der Waals surface area (Å²) in [6.07, 6.45) is 3.29. The quantitative estimate of drug-likeness (QED) is 0.447. The van der Waals surface area contributed by atoms with E-state index < -0.39 is 0 Å². The van der Waals surface area contributed by atoms with Crippen LogP contribution in [0.25, 0.3) is 22.0 Å². The van der Waals surface area contributed by atoms with E-state index in [1.807, 2.05) is 55.5 Å². The molecular weight excluding hydrogens is 408 g/mol. The van der Waals surface area contributed by atoms with Gasteiger partial charge in [-0.05, 0) is 60.2 Å². The van der Waals surface area contributed by atoms with Gasteiger partial charge in [-0.2, -0.15) is 0 Å². The normalized spacial score (nSPS) is 15.1. The van der Waals surface area contributed by atoms with Gasteiger partial charge in [-0.15, -0.1) is 0 Å². The minimum absolute atomic E-state index is 0.0698. The van der Waals surface area contributed by atoms with Crippen LogP contribution in [0.4, 0.5) is 0 Å². The van der Waals surface area contributed by atoms with Crippen LogP contribution in [0.1, 0.15) is 39.5 Å². The highest BCUT2D eigenvalue weighted by Gasteiger charge is 2.25. The molecule has 0 spiro atoms. The maximum absolute atomic E-state index is 13.2. The molecule has 1 heterocycles. The van der Waals surface area contributed by atoms with Crippen LogP contribution in [-0.4, -0.2) is 10.9 Å². The Hall–Kier alpha value is -3.37. The van der Waals surface area contributed by atoms with E-state index in [-0.39, 0.29) is 22.9 Å². The summed E-state index contributed by atoms with van der Waals surface area (Å²) in [5, 5.41) is 4.16. The van der Waals surface area contributed by atoms with Crippen molar-refractivity contribution in [3.05, 3.63) is 104 Å². The Bertz CT molecular complexity index is 1370. The van der Waals surface area contributed by atoms with Gasteiger partial charge in [0, 0.05) is 22.2 Å². The lowest BCUT2D eigenvalue weighted by Crippen LogP contribution is -2.31. The Kier molecular flexibility index (Phi) is 4.87. The van der Waals surface area contributed by atoms with E-state index >= 15 is 0 Å². The summed E-state index contributed by atoms with van der Waals surface area (Å²) in [5.74, 6) is -0.353. The van der Waals surface area contributed by atoms with E-state index in [9.17, 15) is 9.59 Å². The molecule has 4 aromatic rings. The lowest BCUT2D eigenvalue weighted by molar-refractivity contribution is 0.0935. The third kappa shape index (κ3) is 3.53. The molecule has 2 N–H and O–H groups in total. The highest BCUT2D eigenvalue weighted by atomic mass is 35.5. The summed E-state index contributed by atoms with van der Waals surface area (Å²) in [5.41, 5.74) is 5.75. The first kappa shape index (κ1) is 19.6. The number of H-pyrrole nitrogens is 1. The average molecular weight is 429 g/mol. The van der Waals surface area contributed by atoms with Crippen molar-refractivity contribution in [1.29, 1.82) is 0 Å². The molecule has 0 saturated carbocycles. The number of pyridine rings is 1. The Labute approximate surface area is 184 Å². The number of aryl methyl sites for hydroxylation is 2. The predicted molar refractivity (Wildman–Crippen MR) is 125 cm³/mol. The summed E-state index contributed by atoms with van der Waals surface area (Å²) >= 11 is 6.24. The molecule has 5 rings (SSSR count). The number of carbonyl (C=O) groups excluding carboxylic acids is 1. The first-order valence-corrected chi connectivity index (χ1v) is 10.7. The number of aromatic nitrogens is 1. The van der Waals surface area contributed by atoms with E-state index in [1.165, 1.54) is 11.8 Å². The zero-order chi connectivity index (χ0) is 21.5. The lowest BCUT2D eigenvalue weighted by atomic mass is 9.99. The maximum Gasteiger partial charge on any atom is 0.257 e. The van der Waals surface area contributed by atoms with Crippen LogP contribution in [0.5, 0.6) is 0 Å². The van der Waals surface area contributed by atoms with Crippen molar-refractivity contribution >= 4 is 28.4 Å². The molecule has 0 fully saturated rings. The van der Waals surface area contributed by atoms with Gasteiger partial charge in [-0.25, -0.2) is 0 Å². The highest BCUT2D eigenvalue weighted by Crippen LogP contribution is 2.31. The van der Waals surface area contributed by atoms with Crippen molar-refractivity contribution in [3.63, 3.8) is 0 Å². The van der Waals surface area contributed by atoms with Gasteiger partial charge in [0.05, 0.1) is 11.6 Å². The molecule has 1 aromatic heterocycles. The summed E-state index contributed by atoms with van der Waals surface area (Å²) in [6, 6.07) is 19.4. The van der Waals surface area contributed by atoms with Crippen LogP contribution < -0.4 is 10.7 Å². The number of hydrogen-bond acceptors (Lipinski definition) is 2. The van der Waals surface area contributed by atoms with E-state index in [4.69, 9.17) is 11.6 Å². The summed E-state index contributed by atoms with van der Waals surface area (Å²) in [6.45, 7) is 1.98. The number of carbonyl (C=O) groups is 1. The van der Waals surface area contributed by atoms with Gasteiger partial charge in [0.15, 0.2) is 0 Å². The molecule has 0 bridgehead atoms. The van der Waals surface area contributed by atoms with E-state index in [2.05, 4.69) is 16.4 Å². The third-order valence-electron chi connectivity index (χ3n) is 5.95. The number of amides is 1. The zero-order valence-electron chi connectivity index (χ0n) is 17.0. The molecule has 1 atom stereocenters. The number of aromatic amines is 1. The van der Waals surface area contributed by atoms with Crippen LogP contribution in [0.3, 0.4) is 0 Å². The Morgan fingerprint density at radius 3 is 2.77 bits per heavy atom. The summed E-state index contributed by atoms with van der Waals surface area (Å²) in [4.78, 5) is 29.4. The van der Waals surface area contributed by atoms with Crippen LogP contribution in [0, 0.1) is 6.92 Å². The van der Waals surface area contributed by atoms with Gasteiger partial charge in [0.25, 0.3) is 5.91 Å². The Balaban J connectivity index is 1.52. The summed E-state index contributed by atoms with van der Waals surface area (Å²) in [7, 11) is 0. The van der Waals surface area contributed by atoms with Gasteiger partial charge in [-0.3, -0.25) is 9.59 Å². The Morgan fingerprint density at radius 1 is 1.10 bits per heavy atom. The minimum Gasteiger partial charge on any atom is -0.360 e. The number of benzene rings is 3. The number of nitrogens with one attached hydrogen (secondary N) is 2. The van der Waals surface area contributed by atoms with Gasteiger partial charge in [0.2, 0.25) is 5.43 Å². The zero-order valence-corrected chi connectivity index (χ0v) is 17.8. The largest absolute Gasteiger partial charge is 0.360 e. The van der Waals surface area contributed by atoms with Gasteiger partial charge in [-0.1, -0.05) is 54.1 Å². The smallest absolute Gasteiger partial charge is 0.257 e. The van der Waals surface area contributed by atoms with Crippen molar-refractivity contribution in [2.45, 2.75) is 25.8 Å². The molecular formula is C26H21ClN2O2. The molecule has 4 nitrogen and oxygen atoms in total. The van der Waals surface area contributed by atoms with Gasteiger partial charge < -0.3 is 10.3 Å². The number of fused-ring (bicyclic) bond motifs is 2. The minimum atomic E-state index is -0.353. The number of para-hydroxylation sites is 1. The molecule has 1 amide bonds. The standard InChI is InChI=1S/C26H21ClN2O2/c1-15-11-17(13-18(27)12-15)20-7-4-8-21-24(20)28-14-22(25(21)30)26(31)29-23-10-9-16-5-2-3-6-19(16)23/h2-8,11-14,23H,9-10H2,1H3,(H,28,30)(H,29,31)/t23-/m0/s1. The molecule has 0 aliphatic heterocycles. The van der Waals surface area contributed by atoms with Crippen LogP contribution >= 0.6 is 11.6 Å². The van der Waals surface area contributed by atoms with Crippen molar-refractivity contribution < 1.29 is 4.79 Å². The predicted octanol–water partition coefficient (Wildman–Crippen LogP) is 5.57. The first-order chi connectivity index (χ1) is 15.0. The van der Waals surface area contributed by atoms with Crippen LogP contribution in [0.15, 0.2) is 71.7 Å². The monoisotopic (exact) mass is 428 g/mol. The van der Waals surface area contributed by atoms with Crippen molar-refractivity contribution in [2.75, 3.05) is 0 Å². The fourth-order valence-electron chi connectivity index (χ4n) is 4.50. The van der Waals surface area contributed by atoms with E-state index in [1.54, 1.807) is 6.07 Å². The average Bonchev–Trinajstić information content (AvgIpc) is 3.16. The van der Waals surface area contributed by atoms with Crippen LogP contribution in [-0.2, 0) is 6.42 Å². The second-order valence-electron chi connectivity index (χ2n) is 8.04. The molecule has 5 heteroatoms. The topological polar surface area (TPSA) is 62.0 Å². The molecule has 3 aromatic carbocycles. The molecule has 0 saturated heterocycles. The van der Waals surface area contributed by atoms with Gasteiger partial charge in [0.1, 0.15) is 5.56 Å². The Morgan fingerprint density at radius 2 is 1.94 bits per heavy atom. The van der Waals surface area contributed by atoms with Crippen molar-refractivity contribution in [1.82, 2.24) is 10.3 Å². The number of rotatable bonds is 3. The second-order valence-corrected chi connectivity index (χ2v) is 8.48. The van der Waals surface area contributed by atoms with E-state index in [0.29, 0.717) is 15.9 Å². The molecule has 154 valence electrons. The number of hydrogen-bond donors (Lipinski definition) is 2. The number of halogens is 1. The SMILES string of the molecule is Cc1cc(Cl)cc(-c2cccc3c(=O)c(C(=O)N[C@H]4CCc5ccccc54)c[nH]c23)c1. The molecule has 31 heavy (non-hydrogen) atoms. The first-order valence-electron chi connectivity index (χ1n) is 10.3. The molecule has 0 unspecified atom stereocenters. The fourth-order valence-corrected chi connectivity index (χ4v) is 4.79. The highest BCUT2D eigenvalue weighted by molar-refractivity contribution is 6.31. The molecule has 0 radical (unpaired) electrons. The molecule has 1 aliphatic carbocycles.